The molecule has 45 heavy (non-hydrogen) atoms. The fraction of sp³-hybridized carbons (Fsp3) is 0.233. The molecule has 2 atom stereocenters. The highest BCUT2D eigenvalue weighted by atomic mass is 35.5. The zero-order chi connectivity index (χ0) is 31.7. The monoisotopic (exact) mass is 683 g/mol. The van der Waals surface area contributed by atoms with Gasteiger partial charge >= 0.3 is 0 Å². The number of anilines is 1. The van der Waals surface area contributed by atoms with Crippen molar-refractivity contribution in [2.45, 2.75) is 34.9 Å². The number of carbonyl (C=O) groups is 3. The maximum Gasteiger partial charge on any atom is 0.283 e. The average Bonchev–Trinajstić information content (AvgIpc) is 3.53. The van der Waals surface area contributed by atoms with Gasteiger partial charge in [0.15, 0.2) is 10.9 Å². The minimum atomic E-state index is -0.560. The number of benzene rings is 3. The van der Waals surface area contributed by atoms with Gasteiger partial charge in [-0.15, -0.1) is 11.3 Å². The number of hydrazone groups is 1. The summed E-state index contributed by atoms with van der Waals surface area (Å²) in [7, 11) is 0. The molecular formula is C30H23Cl2N5O6S2. The van der Waals surface area contributed by atoms with Gasteiger partial charge in [0.1, 0.15) is 5.75 Å². The first kappa shape index (κ1) is 31.0. The lowest BCUT2D eigenvalue weighted by atomic mass is 9.81. The van der Waals surface area contributed by atoms with E-state index in [1.54, 1.807) is 36.4 Å². The Hall–Kier alpha value is -4.04. The highest BCUT2D eigenvalue weighted by Crippen LogP contribution is 2.43. The number of amides is 3. The van der Waals surface area contributed by atoms with E-state index in [9.17, 15) is 24.5 Å². The van der Waals surface area contributed by atoms with Crippen LogP contribution in [0.5, 0.6) is 5.75 Å². The SMILES string of the molecule is O=C(COc1ccc(Cl)cc1Cl)N/N=C\c1ccc(Sc2nc3ccc(N4C(=O)[C@H]5CCCC[C@H]5C4=O)cc3s2)c([N+](=O)[O-])c1. The number of nitro benzene ring substituents is 1. The maximum absolute atomic E-state index is 13.0. The van der Waals surface area contributed by atoms with Crippen molar-refractivity contribution in [1.29, 1.82) is 0 Å². The Morgan fingerprint density at radius 3 is 2.58 bits per heavy atom. The van der Waals surface area contributed by atoms with Crippen molar-refractivity contribution in [3.8, 4) is 5.75 Å². The highest BCUT2D eigenvalue weighted by molar-refractivity contribution is 8.01. The van der Waals surface area contributed by atoms with Crippen LogP contribution in [0.3, 0.4) is 0 Å². The van der Waals surface area contributed by atoms with Crippen LogP contribution in [-0.4, -0.2) is 40.5 Å². The molecule has 0 spiro atoms. The number of carbonyl (C=O) groups excluding carboxylic acids is 3. The predicted molar refractivity (Wildman–Crippen MR) is 172 cm³/mol. The first-order chi connectivity index (χ1) is 21.7. The normalized spacial score (nSPS) is 18.0. The molecule has 1 N–H and O–H groups in total. The molecule has 2 heterocycles. The zero-order valence-electron chi connectivity index (χ0n) is 23.3. The Morgan fingerprint density at radius 2 is 1.87 bits per heavy atom. The number of rotatable bonds is 9. The van der Waals surface area contributed by atoms with Crippen LogP contribution in [0.25, 0.3) is 10.2 Å². The molecule has 0 bridgehead atoms. The van der Waals surface area contributed by atoms with E-state index < -0.39 is 10.8 Å². The Labute approximate surface area is 274 Å². The van der Waals surface area contributed by atoms with Gasteiger partial charge in [0.05, 0.1) is 48.8 Å². The summed E-state index contributed by atoms with van der Waals surface area (Å²) >= 11 is 14.3. The molecule has 3 aromatic carbocycles. The molecule has 0 unspecified atom stereocenters. The van der Waals surface area contributed by atoms with Gasteiger partial charge in [0.2, 0.25) is 11.8 Å². The van der Waals surface area contributed by atoms with Gasteiger partial charge in [-0.1, -0.05) is 53.9 Å². The summed E-state index contributed by atoms with van der Waals surface area (Å²) in [5, 5.41) is 16.4. The molecule has 6 rings (SSSR count). The number of imide groups is 1. The Balaban J connectivity index is 1.12. The van der Waals surface area contributed by atoms with Gasteiger partial charge in [-0.2, -0.15) is 5.10 Å². The Morgan fingerprint density at radius 1 is 1.11 bits per heavy atom. The third-order valence-electron chi connectivity index (χ3n) is 7.48. The van der Waals surface area contributed by atoms with Crippen LogP contribution in [0.15, 0.2) is 68.9 Å². The minimum absolute atomic E-state index is 0.141. The predicted octanol–water partition coefficient (Wildman–Crippen LogP) is 6.87. The number of thiazole rings is 1. The first-order valence-corrected chi connectivity index (χ1v) is 16.2. The fourth-order valence-corrected chi connectivity index (χ4v) is 7.98. The summed E-state index contributed by atoms with van der Waals surface area (Å²) in [4.78, 5) is 55.9. The molecule has 3 amide bonds. The van der Waals surface area contributed by atoms with Crippen LogP contribution >= 0.6 is 46.3 Å². The molecule has 1 saturated heterocycles. The highest BCUT2D eigenvalue weighted by Gasteiger charge is 2.48. The maximum atomic E-state index is 13.0. The second kappa shape index (κ2) is 13.1. The van der Waals surface area contributed by atoms with Crippen LogP contribution in [0.4, 0.5) is 11.4 Å². The van der Waals surface area contributed by atoms with Crippen LogP contribution in [0, 0.1) is 22.0 Å². The Bertz CT molecular complexity index is 1860. The Kier molecular flexibility index (Phi) is 9.04. The molecule has 1 aromatic heterocycles. The fourth-order valence-electron chi connectivity index (χ4n) is 5.38. The van der Waals surface area contributed by atoms with Gasteiger partial charge in [-0.3, -0.25) is 29.4 Å². The molecule has 4 aromatic rings. The van der Waals surface area contributed by atoms with Gasteiger partial charge in [-0.05, 0) is 55.3 Å². The van der Waals surface area contributed by atoms with E-state index in [1.807, 2.05) is 0 Å². The molecule has 2 fully saturated rings. The van der Waals surface area contributed by atoms with Crippen LogP contribution < -0.4 is 15.1 Å². The lowest BCUT2D eigenvalue weighted by Gasteiger charge is -2.19. The zero-order valence-corrected chi connectivity index (χ0v) is 26.4. The molecule has 0 radical (unpaired) electrons. The number of nitrogens with zero attached hydrogens (tertiary/aromatic N) is 4. The van der Waals surface area contributed by atoms with Crippen LogP contribution in [0.1, 0.15) is 31.2 Å². The third-order valence-corrected chi connectivity index (χ3v) is 10.2. The van der Waals surface area contributed by atoms with Gasteiger partial charge in [0.25, 0.3) is 11.6 Å². The van der Waals surface area contributed by atoms with E-state index in [2.05, 4.69) is 15.5 Å². The summed E-state index contributed by atoms with van der Waals surface area (Å²) in [6, 6.07) is 14.4. The lowest BCUT2D eigenvalue weighted by Crippen LogP contribution is -2.30. The first-order valence-electron chi connectivity index (χ1n) is 13.8. The van der Waals surface area contributed by atoms with Crippen LogP contribution in [0.2, 0.25) is 10.0 Å². The molecule has 230 valence electrons. The van der Waals surface area contributed by atoms with Crippen molar-refractivity contribution < 1.29 is 24.0 Å². The van der Waals surface area contributed by atoms with Crippen molar-refractivity contribution in [2.75, 3.05) is 11.5 Å². The number of fused-ring (bicyclic) bond motifs is 2. The van der Waals surface area contributed by atoms with E-state index in [0.717, 1.165) is 42.1 Å². The van der Waals surface area contributed by atoms with Crippen LogP contribution in [-0.2, 0) is 14.4 Å². The number of hydrogen-bond donors (Lipinski definition) is 1. The van der Waals surface area contributed by atoms with Gasteiger partial charge < -0.3 is 4.74 Å². The quantitative estimate of drug-likeness (QED) is 0.0871. The largest absolute Gasteiger partial charge is 0.482 e. The van der Waals surface area contributed by atoms with Gasteiger partial charge in [0, 0.05) is 16.7 Å². The summed E-state index contributed by atoms with van der Waals surface area (Å²) in [5.74, 6) is -1.04. The van der Waals surface area contributed by atoms with Crippen molar-refractivity contribution >= 4 is 91.8 Å². The number of halogens is 2. The average molecular weight is 685 g/mol. The molecule has 2 aliphatic rings. The molecule has 15 heteroatoms. The van der Waals surface area contributed by atoms with Crippen molar-refractivity contribution in [1.82, 2.24) is 10.4 Å². The summed E-state index contributed by atoms with van der Waals surface area (Å²) in [6.45, 7) is -0.357. The number of nitro groups is 1. The number of aromatic nitrogens is 1. The van der Waals surface area contributed by atoms with E-state index >= 15 is 0 Å². The summed E-state index contributed by atoms with van der Waals surface area (Å²) < 4.78 is 6.68. The van der Waals surface area contributed by atoms with E-state index in [0.29, 0.717) is 31.0 Å². The van der Waals surface area contributed by atoms with E-state index in [1.165, 1.54) is 40.7 Å². The summed E-state index contributed by atoms with van der Waals surface area (Å²) in [5.41, 5.74) is 3.71. The molecule has 1 aliphatic heterocycles. The number of hydrogen-bond acceptors (Lipinski definition) is 10. The van der Waals surface area contributed by atoms with E-state index in [-0.39, 0.29) is 46.7 Å². The standard InChI is InChI=1S/C30H23Cl2N5O6S2/c31-17-6-9-24(21(32)12-17)43-15-27(38)35-33-14-16-5-10-25(23(11-16)37(41)42)44-30-34-22-8-7-18(13-26(22)45-30)36-28(39)19-3-1-2-4-20(19)29(36)40/h5-14,19-20H,1-4,15H2,(H,35,38)/b33-14-/t19-,20+. The smallest absolute Gasteiger partial charge is 0.283 e. The number of nitrogens with one attached hydrogen (secondary N) is 1. The second-order valence-corrected chi connectivity index (χ2v) is 13.5. The van der Waals surface area contributed by atoms with Crippen molar-refractivity contribution in [2.24, 2.45) is 16.9 Å². The number of ether oxygens (including phenoxy) is 1. The minimum Gasteiger partial charge on any atom is -0.482 e. The second-order valence-electron chi connectivity index (χ2n) is 10.4. The van der Waals surface area contributed by atoms with Gasteiger partial charge in [-0.25, -0.2) is 10.4 Å². The van der Waals surface area contributed by atoms with E-state index in [4.69, 9.17) is 27.9 Å². The topological polar surface area (TPSA) is 144 Å². The van der Waals surface area contributed by atoms with Crippen molar-refractivity contribution in [3.05, 3.63) is 80.3 Å². The molecule has 11 nitrogen and oxygen atoms in total. The molecule has 1 saturated carbocycles. The molecule has 1 aliphatic carbocycles. The molecular weight excluding hydrogens is 661 g/mol. The lowest BCUT2D eigenvalue weighted by molar-refractivity contribution is -0.387. The third kappa shape index (κ3) is 6.66. The van der Waals surface area contributed by atoms with Crippen molar-refractivity contribution in [3.63, 3.8) is 0 Å². The summed E-state index contributed by atoms with van der Waals surface area (Å²) in [6.07, 6.45) is 4.67.